The molecule has 1 aromatic heterocycles. The Morgan fingerprint density at radius 1 is 1.05 bits per heavy atom. The molecular weight excluding hydrogens is 284 g/mol. The topological polar surface area (TPSA) is 80.0 Å². The van der Waals surface area contributed by atoms with Crippen LogP contribution in [0, 0.1) is 0 Å². The summed E-state index contributed by atoms with van der Waals surface area (Å²) in [6, 6.07) is 0. The highest BCUT2D eigenvalue weighted by Crippen LogP contribution is 2.12. The number of hydrogen-bond donors (Lipinski definition) is 2. The van der Waals surface area contributed by atoms with Crippen molar-refractivity contribution in [3.05, 3.63) is 0 Å². The summed E-state index contributed by atoms with van der Waals surface area (Å²) in [6.07, 6.45) is 7.09. The van der Waals surface area contributed by atoms with Crippen LogP contribution in [-0.4, -0.2) is 46.6 Å². The number of anilines is 3. The van der Waals surface area contributed by atoms with Gasteiger partial charge in [0.2, 0.25) is 17.8 Å². The minimum Gasteiger partial charge on any atom is -0.368 e. The summed E-state index contributed by atoms with van der Waals surface area (Å²) in [5.74, 6) is 2.75. The maximum absolute atomic E-state index is 5.76. The van der Waals surface area contributed by atoms with E-state index in [2.05, 4.69) is 45.3 Å². The fraction of sp³-hybridized carbons (Fsp3) is 0.786. The summed E-state index contributed by atoms with van der Waals surface area (Å²) in [5.41, 5.74) is 5.76. The number of nitrogens with two attached hydrogens (primary N) is 1. The van der Waals surface area contributed by atoms with Crippen molar-refractivity contribution in [1.82, 2.24) is 15.0 Å². The quantitative estimate of drug-likeness (QED) is 0.608. The smallest absolute Gasteiger partial charge is 0.231 e. The summed E-state index contributed by atoms with van der Waals surface area (Å²) in [6.45, 7) is 6.74. The fourth-order valence-electron chi connectivity index (χ4n) is 2.03. The zero-order valence-corrected chi connectivity index (χ0v) is 14.2. The monoisotopic (exact) mass is 312 g/mol. The van der Waals surface area contributed by atoms with E-state index in [0.717, 1.165) is 26.1 Å². The molecule has 0 bridgehead atoms. The van der Waals surface area contributed by atoms with E-state index >= 15 is 0 Å². The van der Waals surface area contributed by atoms with Gasteiger partial charge in [0.25, 0.3) is 0 Å². The fourth-order valence-corrected chi connectivity index (χ4v) is 2.53. The molecule has 1 rings (SSSR count). The van der Waals surface area contributed by atoms with Crippen LogP contribution in [0.2, 0.25) is 0 Å². The zero-order chi connectivity index (χ0) is 15.5. The first kappa shape index (κ1) is 17.8. The Hall–Kier alpha value is -1.24. The number of aromatic nitrogens is 3. The third-order valence-corrected chi connectivity index (χ3v) is 3.94. The van der Waals surface area contributed by atoms with Crippen molar-refractivity contribution < 1.29 is 0 Å². The number of thioether (sulfide) groups is 1. The average molecular weight is 312 g/mol. The average Bonchev–Trinajstić information content (AvgIpc) is 2.47. The van der Waals surface area contributed by atoms with E-state index in [1.165, 1.54) is 25.0 Å². The van der Waals surface area contributed by atoms with Crippen molar-refractivity contribution >= 4 is 29.6 Å². The zero-order valence-electron chi connectivity index (χ0n) is 13.4. The number of hydrogen-bond acceptors (Lipinski definition) is 7. The molecule has 0 aromatic carbocycles. The lowest BCUT2D eigenvalue weighted by Crippen LogP contribution is -2.25. The second kappa shape index (κ2) is 10.5. The molecule has 0 aliphatic heterocycles. The molecule has 0 fully saturated rings. The molecule has 21 heavy (non-hydrogen) atoms. The molecule has 7 heteroatoms. The molecule has 0 unspecified atom stereocenters. The molecule has 0 aliphatic carbocycles. The lowest BCUT2D eigenvalue weighted by atomic mass is 10.2. The minimum atomic E-state index is 0.273. The van der Waals surface area contributed by atoms with Gasteiger partial charge in [-0.3, -0.25) is 0 Å². The SMILES string of the molecule is CCN(CC)c1nc(N)nc(NCCCCCCSC)n1. The van der Waals surface area contributed by atoms with Crippen LogP contribution in [0.1, 0.15) is 39.5 Å². The van der Waals surface area contributed by atoms with E-state index in [9.17, 15) is 0 Å². The van der Waals surface area contributed by atoms with Gasteiger partial charge in [0, 0.05) is 19.6 Å². The molecule has 0 saturated carbocycles. The van der Waals surface area contributed by atoms with Gasteiger partial charge in [-0.15, -0.1) is 0 Å². The largest absolute Gasteiger partial charge is 0.368 e. The molecule has 0 atom stereocenters. The predicted octanol–water partition coefficient (Wildman–Crippen LogP) is 2.64. The molecule has 0 spiro atoms. The van der Waals surface area contributed by atoms with Gasteiger partial charge >= 0.3 is 0 Å². The number of nitrogen functional groups attached to an aromatic ring is 1. The summed E-state index contributed by atoms with van der Waals surface area (Å²) >= 11 is 1.91. The first-order chi connectivity index (χ1) is 10.2. The van der Waals surface area contributed by atoms with E-state index in [0.29, 0.717) is 11.9 Å². The van der Waals surface area contributed by atoms with Gasteiger partial charge in [-0.1, -0.05) is 12.8 Å². The lowest BCUT2D eigenvalue weighted by molar-refractivity contribution is 0.687. The van der Waals surface area contributed by atoms with Gasteiger partial charge in [-0.2, -0.15) is 26.7 Å². The maximum Gasteiger partial charge on any atom is 0.231 e. The van der Waals surface area contributed by atoms with Crippen molar-refractivity contribution in [1.29, 1.82) is 0 Å². The van der Waals surface area contributed by atoms with Gasteiger partial charge in [-0.05, 0) is 38.7 Å². The molecule has 0 aliphatic rings. The Labute approximate surface area is 132 Å². The highest BCUT2D eigenvalue weighted by molar-refractivity contribution is 7.98. The molecule has 6 nitrogen and oxygen atoms in total. The van der Waals surface area contributed by atoms with Gasteiger partial charge < -0.3 is 16.0 Å². The normalized spacial score (nSPS) is 10.6. The van der Waals surface area contributed by atoms with E-state index in [1.54, 1.807) is 0 Å². The van der Waals surface area contributed by atoms with Gasteiger partial charge in [0.05, 0.1) is 0 Å². The van der Waals surface area contributed by atoms with Gasteiger partial charge in [-0.25, -0.2) is 0 Å². The standard InChI is InChI=1S/C14H28N6S/c1-4-20(5-2)14-18-12(15)17-13(19-14)16-10-8-6-7-9-11-21-3/h4-11H2,1-3H3,(H3,15,16,17,18,19). The Morgan fingerprint density at radius 3 is 2.43 bits per heavy atom. The first-order valence-corrected chi connectivity index (χ1v) is 9.09. The third kappa shape index (κ3) is 6.84. The lowest BCUT2D eigenvalue weighted by Gasteiger charge is -2.19. The number of nitrogens with zero attached hydrogens (tertiary/aromatic N) is 4. The Balaban J connectivity index is 2.41. The molecule has 0 saturated heterocycles. The summed E-state index contributed by atoms with van der Waals surface area (Å²) < 4.78 is 0. The van der Waals surface area contributed by atoms with E-state index in [4.69, 9.17) is 5.73 Å². The van der Waals surface area contributed by atoms with Crippen LogP contribution in [0.25, 0.3) is 0 Å². The predicted molar refractivity (Wildman–Crippen MR) is 93.1 cm³/mol. The first-order valence-electron chi connectivity index (χ1n) is 7.70. The Kier molecular flexibility index (Phi) is 8.89. The highest BCUT2D eigenvalue weighted by atomic mass is 32.2. The molecule has 1 heterocycles. The van der Waals surface area contributed by atoms with Crippen LogP contribution in [0.4, 0.5) is 17.8 Å². The number of rotatable bonds is 11. The van der Waals surface area contributed by atoms with Gasteiger partial charge in [0.15, 0.2) is 0 Å². The van der Waals surface area contributed by atoms with Crippen LogP contribution in [0.5, 0.6) is 0 Å². The van der Waals surface area contributed by atoms with Crippen molar-refractivity contribution in [2.24, 2.45) is 0 Å². The molecule has 1 aromatic rings. The van der Waals surface area contributed by atoms with Crippen LogP contribution >= 0.6 is 11.8 Å². The molecule has 0 radical (unpaired) electrons. The molecule has 3 N–H and O–H groups in total. The van der Waals surface area contributed by atoms with Crippen molar-refractivity contribution in [3.8, 4) is 0 Å². The van der Waals surface area contributed by atoms with Crippen molar-refractivity contribution in [3.63, 3.8) is 0 Å². The number of nitrogens with one attached hydrogen (secondary N) is 1. The Bertz CT molecular complexity index is 397. The summed E-state index contributed by atoms with van der Waals surface area (Å²) in [4.78, 5) is 14.8. The third-order valence-electron chi connectivity index (χ3n) is 3.25. The molecule has 120 valence electrons. The molecule has 0 amide bonds. The van der Waals surface area contributed by atoms with E-state index in [1.807, 2.05) is 11.8 Å². The van der Waals surface area contributed by atoms with E-state index < -0.39 is 0 Å². The van der Waals surface area contributed by atoms with Crippen LogP contribution in [0.15, 0.2) is 0 Å². The summed E-state index contributed by atoms with van der Waals surface area (Å²) in [5, 5.41) is 3.25. The van der Waals surface area contributed by atoms with Crippen molar-refractivity contribution in [2.45, 2.75) is 39.5 Å². The second-order valence-corrected chi connectivity index (χ2v) is 5.81. The second-order valence-electron chi connectivity index (χ2n) is 4.82. The van der Waals surface area contributed by atoms with Crippen LogP contribution in [0.3, 0.4) is 0 Å². The summed E-state index contributed by atoms with van der Waals surface area (Å²) in [7, 11) is 0. The van der Waals surface area contributed by atoms with E-state index in [-0.39, 0.29) is 5.95 Å². The minimum absolute atomic E-state index is 0.273. The number of unbranched alkanes of at least 4 members (excludes halogenated alkanes) is 3. The van der Waals surface area contributed by atoms with Crippen molar-refractivity contribution in [2.75, 3.05) is 47.6 Å². The van der Waals surface area contributed by atoms with Crippen LogP contribution < -0.4 is 16.0 Å². The maximum atomic E-state index is 5.76. The molecular formula is C14H28N6S. The highest BCUT2D eigenvalue weighted by Gasteiger charge is 2.09. The van der Waals surface area contributed by atoms with Crippen LogP contribution in [-0.2, 0) is 0 Å². The van der Waals surface area contributed by atoms with Gasteiger partial charge in [0.1, 0.15) is 0 Å². The Morgan fingerprint density at radius 2 is 1.76 bits per heavy atom.